The lowest BCUT2D eigenvalue weighted by molar-refractivity contribution is 1.08. The van der Waals surface area contributed by atoms with E-state index < -0.39 is 0 Å². The van der Waals surface area contributed by atoms with Crippen LogP contribution in [0.15, 0.2) is 22.7 Å². The molecule has 0 saturated heterocycles. The first-order chi connectivity index (χ1) is 7.99. The van der Waals surface area contributed by atoms with Crippen LogP contribution >= 0.6 is 27.5 Å². The average Bonchev–Trinajstić information content (AvgIpc) is 2.28. The smallest absolute Gasteiger partial charge is 0.162 e. The Bertz CT molecular complexity index is 561. The van der Waals surface area contributed by atoms with Crippen LogP contribution < -0.4 is 5.73 Å². The van der Waals surface area contributed by atoms with Gasteiger partial charge in [0.25, 0.3) is 0 Å². The van der Waals surface area contributed by atoms with Crippen molar-refractivity contribution in [1.29, 1.82) is 0 Å². The van der Waals surface area contributed by atoms with E-state index >= 15 is 0 Å². The number of nitrogen functional groups attached to an aromatic ring is 1. The third kappa shape index (κ3) is 2.42. The van der Waals surface area contributed by atoms with Gasteiger partial charge in [0.15, 0.2) is 5.82 Å². The molecule has 17 heavy (non-hydrogen) atoms. The lowest BCUT2D eigenvalue weighted by atomic mass is 10.2. The van der Waals surface area contributed by atoms with Crippen molar-refractivity contribution < 1.29 is 0 Å². The van der Waals surface area contributed by atoms with Gasteiger partial charge in [-0.2, -0.15) is 0 Å². The van der Waals surface area contributed by atoms with Crippen LogP contribution in [0.25, 0.3) is 11.4 Å². The van der Waals surface area contributed by atoms with Crippen LogP contribution in [-0.2, 0) is 0 Å². The summed E-state index contributed by atoms with van der Waals surface area (Å²) in [5, 5.41) is 0.642. The van der Waals surface area contributed by atoms with Gasteiger partial charge in [-0.15, -0.1) is 0 Å². The summed E-state index contributed by atoms with van der Waals surface area (Å²) in [6, 6.07) is 5.49. The fourth-order valence-electron chi connectivity index (χ4n) is 1.44. The van der Waals surface area contributed by atoms with Gasteiger partial charge in [0.05, 0.1) is 0 Å². The minimum absolute atomic E-state index is 0.499. The number of hydrogen-bond acceptors (Lipinski definition) is 3. The quantitative estimate of drug-likeness (QED) is 0.872. The van der Waals surface area contributed by atoms with Crippen LogP contribution in [-0.4, -0.2) is 9.97 Å². The van der Waals surface area contributed by atoms with Gasteiger partial charge < -0.3 is 5.73 Å². The topological polar surface area (TPSA) is 51.8 Å². The van der Waals surface area contributed by atoms with Crippen molar-refractivity contribution >= 4 is 33.3 Å². The molecule has 2 rings (SSSR count). The van der Waals surface area contributed by atoms with Crippen LogP contribution in [0.5, 0.6) is 0 Å². The Morgan fingerprint density at radius 2 is 1.94 bits per heavy atom. The SMILES string of the molecule is Cc1nc(-c2cc(Cl)ccc2Br)nc(N)c1C. The van der Waals surface area contributed by atoms with Crippen molar-refractivity contribution in [3.05, 3.63) is 39.0 Å². The predicted molar refractivity (Wildman–Crippen MR) is 74.1 cm³/mol. The number of hydrogen-bond donors (Lipinski definition) is 1. The standard InChI is InChI=1S/C12H11BrClN3/c1-6-7(2)16-12(17-11(6)15)9-5-8(14)3-4-10(9)13/h3-5H,1-2H3,(H2,15,16,17). The van der Waals surface area contributed by atoms with E-state index in [9.17, 15) is 0 Å². The fraction of sp³-hybridized carbons (Fsp3) is 0.167. The highest BCUT2D eigenvalue weighted by molar-refractivity contribution is 9.10. The number of benzene rings is 1. The predicted octanol–water partition coefficient (Wildman–Crippen LogP) is 3.76. The molecule has 0 atom stereocenters. The van der Waals surface area contributed by atoms with Gasteiger partial charge in [0.2, 0.25) is 0 Å². The molecule has 1 heterocycles. The first kappa shape index (κ1) is 12.3. The lowest BCUT2D eigenvalue weighted by Gasteiger charge is -2.08. The third-order valence-electron chi connectivity index (χ3n) is 2.60. The van der Waals surface area contributed by atoms with Crippen molar-refractivity contribution in [2.75, 3.05) is 5.73 Å². The molecule has 0 radical (unpaired) electrons. The zero-order chi connectivity index (χ0) is 12.6. The highest BCUT2D eigenvalue weighted by Gasteiger charge is 2.10. The summed E-state index contributed by atoms with van der Waals surface area (Å²) in [5.74, 6) is 1.08. The maximum absolute atomic E-state index is 5.97. The molecular formula is C12H11BrClN3. The molecule has 2 aromatic rings. The Hall–Kier alpha value is -1.13. The Morgan fingerprint density at radius 1 is 1.24 bits per heavy atom. The van der Waals surface area contributed by atoms with Gasteiger partial charge in [-0.05, 0) is 32.0 Å². The molecule has 0 fully saturated rings. The van der Waals surface area contributed by atoms with Crippen molar-refractivity contribution in [1.82, 2.24) is 9.97 Å². The first-order valence-electron chi connectivity index (χ1n) is 5.05. The van der Waals surface area contributed by atoms with E-state index in [1.807, 2.05) is 26.0 Å². The van der Waals surface area contributed by atoms with Gasteiger partial charge in [0, 0.05) is 26.3 Å². The number of rotatable bonds is 1. The number of nitrogens with zero attached hydrogens (tertiary/aromatic N) is 2. The lowest BCUT2D eigenvalue weighted by Crippen LogP contribution is -2.02. The molecule has 3 nitrogen and oxygen atoms in total. The minimum atomic E-state index is 0.499. The minimum Gasteiger partial charge on any atom is -0.383 e. The Kier molecular flexibility index (Phi) is 3.35. The number of nitrogens with two attached hydrogens (primary N) is 1. The van der Waals surface area contributed by atoms with Crippen LogP contribution in [0.2, 0.25) is 5.02 Å². The summed E-state index contributed by atoms with van der Waals surface area (Å²) in [6.07, 6.45) is 0. The zero-order valence-corrected chi connectivity index (χ0v) is 11.8. The van der Waals surface area contributed by atoms with Crippen molar-refractivity contribution in [3.63, 3.8) is 0 Å². The van der Waals surface area contributed by atoms with Crippen molar-refractivity contribution in [2.45, 2.75) is 13.8 Å². The monoisotopic (exact) mass is 311 g/mol. The molecule has 88 valence electrons. The van der Waals surface area contributed by atoms with E-state index in [2.05, 4.69) is 25.9 Å². The molecule has 0 aliphatic carbocycles. The van der Waals surface area contributed by atoms with E-state index in [0.29, 0.717) is 16.7 Å². The molecule has 0 unspecified atom stereocenters. The number of aromatic nitrogens is 2. The van der Waals surface area contributed by atoms with Crippen LogP contribution in [0.1, 0.15) is 11.3 Å². The van der Waals surface area contributed by atoms with Gasteiger partial charge in [-0.3, -0.25) is 0 Å². The molecule has 0 amide bonds. The average molecular weight is 313 g/mol. The van der Waals surface area contributed by atoms with E-state index in [0.717, 1.165) is 21.3 Å². The molecule has 0 spiro atoms. The van der Waals surface area contributed by atoms with Gasteiger partial charge in [0.1, 0.15) is 5.82 Å². The Balaban J connectivity index is 2.64. The first-order valence-corrected chi connectivity index (χ1v) is 6.22. The molecule has 5 heteroatoms. The molecule has 0 aliphatic rings. The molecule has 1 aromatic carbocycles. The van der Waals surface area contributed by atoms with Crippen LogP contribution in [0, 0.1) is 13.8 Å². The molecule has 0 bridgehead atoms. The number of aryl methyl sites for hydroxylation is 1. The molecule has 0 saturated carbocycles. The molecule has 2 N–H and O–H groups in total. The number of anilines is 1. The summed E-state index contributed by atoms with van der Waals surface area (Å²) < 4.78 is 0.893. The second-order valence-electron chi connectivity index (χ2n) is 3.77. The highest BCUT2D eigenvalue weighted by Crippen LogP contribution is 2.29. The second-order valence-corrected chi connectivity index (χ2v) is 5.06. The molecule has 1 aromatic heterocycles. The van der Waals surface area contributed by atoms with Gasteiger partial charge in [-0.1, -0.05) is 27.5 Å². The number of halogens is 2. The maximum atomic E-state index is 5.97. The van der Waals surface area contributed by atoms with Crippen molar-refractivity contribution in [2.24, 2.45) is 0 Å². The van der Waals surface area contributed by atoms with E-state index in [-0.39, 0.29) is 0 Å². The summed E-state index contributed by atoms with van der Waals surface area (Å²) in [5.41, 5.74) is 8.47. The molecular weight excluding hydrogens is 302 g/mol. The third-order valence-corrected chi connectivity index (χ3v) is 3.52. The largest absolute Gasteiger partial charge is 0.383 e. The van der Waals surface area contributed by atoms with E-state index in [1.54, 1.807) is 6.07 Å². The van der Waals surface area contributed by atoms with Crippen LogP contribution in [0.3, 0.4) is 0 Å². The zero-order valence-electron chi connectivity index (χ0n) is 9.46. The van der Waals surface area contributed by atoms with Crippen LogP contribution in [0.4, 0.5) is 5.82 Å². The highest BCUT2D eigenvalue weighted by atomic mass is 79.9. The summed E-state index contributed by atoms with van der Waals surface area (Å²) >= 11 is 9.43. The summed E-state index contributed by atoms with van der Waals surface area (Å²) in [7, 11) is 0. The summed E-state index contributed by atoms with van der Waals surface area (Å²) in [6.45, 7) is 3.82. The molecule has 0 aliphatic heterocycles. The van der Waals surface area contributed by atoms with Crippen molar-refractivity contribution in [3.8, 4) is 11.4 Å². The summed E-state index contributed by atoms with van der Waals surface area (Å²) in [4.78, 5) is 8.71. The fourth-order valence-corrected chi connectivity index (χ4v) is 2.04. The Labute approximate surface area is 113 Å². The van der Waals surface area contributed by atoms with E-state index in [1.165, 1.54) is 0 Å². The van der Waals surface area contributed by atoms with Gasteiger partial charge in [-0.25, -0.2) is 9.97 Å². The second kappa shape index (κ2) is 4.63. The van der Waals surface area contributed by atoms with Gasteiger partial charge >= 0.3 is 0 Å². The van der Waals surface area contributed by atoms with E-state index in [4.69, 9.17) is 17.3 Å². The normalized spacial score (nSPS) is 10.6. The maximum Gasteiger partial charge on any atom is 0.162 e. The Morgan fingerprint density at radius 3 is 2.59 bits per heavy atom.